The number of nitrogens with zero attached hydrogens (tertiary/aromatic N) is 3. The number of halogens is 1. The van der Waals surface area contributed by atoms with E-state index in [1.54, 1.807) is 0 Å². The van der Waals surface area contributed by atoms with Gasteiger partial charge in [0.05, 0.1) is 16.9 Å². The van der Waals surface area contributed by atoms with Crippen LogP contribution in [0.1, 0.15) is 39.0 Å². The van der Waals surface area contributed by atoms with Crippen LogP contribution in [0.4, 0.5) is 0 Å². The average Bonchev–Trinajstić information content (AvgIpc) is 3.31. The number of rotatable bonds is 7. The molecule has 0 saturated carbocycles. The second-order valence-electron chi connectivity index (χ2n) is 9.30. The first kappa shape index (κ1) is 23.9. The Kier molecular flexibility index (Phi) is 6.71. The van der Waals surface area contributed by atoms with Gasteiger partial charge in [-0.25, -0.2) is 0 Å². The Morgan fingerprint density at radius 3 is 2.50 bits per heavy atom. The SMILES string of the molecule is CCc1c(-c2ccc(Cl)cc2)nn(C)c1COc1ccc2ccn(CC(=O)OC(C)(C)C)c2c1. The molecule has 0 fully saturated rings. The Bertz CT molecular complexity index is 1310. The molecular formula is C27H30ClN3O3. The van der Waals surface area contributed by atoms with Crippen LogP contribution in [0, 0.1) is 0 Å². The zero-order valence-electron chi connectivity index (χ0n) is 20.3. The number of carbonyl (C=O) groups excluding carboxylic acids is 1. The van der Waals surface area contributed by atoms with E-state index in [0.29, 0.717) is 11.6 Å². The second-order valence-corrected chi connectivity index (χ2v) is 9.73. The van der Waals surface area contributed by atoms with Crippen molar-refractivity contribution in [2.24, 2.45) is 7.05 Å². The summed E-state index contributed by atoms with van der Waals surface area (Å²) in [6.45, 7) is 8.26. The monoisotopic (exact) mass is 479 g/mol. The van der Waals surface area contributed by atoms with Crippen molar-refractivity contribution >= 4 is 28.5 Å². The minimum atomic E-state index is -0.515. The molecule has 34 heavy (non-hydrogen) atoms. The normalized spacial score (nSPS) is 11.7. The minimum Gasteiger partial charge on any atom is -0.487 e. The summed E-state index contributed by atoms with van der Waals surface area (Å²) in [5, 5.41) is 6.49. The summed E-state index contributed by atoms with van der Waals surface area (Å²) in [5.74, 6) is 0.460. The van der Waals surface area contributed by atoms with Gasteiger partial charge in [0.15, 0.2) is 0 Å². The highest BCUT2D eigenvalue weighted by atomic mass is 35.5. The van der Waals surface area contributed by atoms with E-state index in [4.69, 9.17) is 26.2 Å². The summed E-state index contributed by atoms with van der Waals surface area (Å²) < 4.78 is 15.4. The summed E-state index contributed by atoms with van der Waals surface area (Å²) in [7, 11) is 1.94. The summed E-state index contributed by atoms with van der Waals surface area (Å²) in [5.41, 5.74) is 4.56. The molecular weight excluding hydrogens is 450 g/mol. The maximum atomic E-state index is 12.3. The predicted octanol–water partition coefficient (Wildman–Crippen LogP) is 6.18. The van der Waals surface area contributed by atoms with Gasteiger partial charge in [-0.2, -0.15) is 5.10 Å². The summed E-state index contributed by atoms with van der Waals surface area (Å²) in [4.78, 5) is 12.3. The van der Waals surface area contributed by atoms with Gasteiger partial charge in [0.25, 0.3) is 0 Å². The first-order valence-corrected chi connectivity index (χ1v) is 11.8. The van der Waals surface area contributed by atoms with E-state index in [1.807, 2.05) is 91.8 Å². The quantitative estimate of drug-likeness (QED) is 0.297. The number of hydrogen-bond acceptors (Lipinski definition) is 4. The smallest absolute Gasteiger partial charge is 0.326 e. The number of carbonyl (C=O) groups is 1. The lowest BCUT2D eigenvalue weighted by atomic mass is 10.0. The third kappa shape index (κ3) is 5.28. The first-order valence-electron chi connectivity index (χ1n) is 11.4. The first-order chi connectivity index (χ1) is 16.1. The predicted molar refractivity (Wildman–Crippen MR) is 135 cm³/mol. The highest BCUT2D eigenvalue weighted by Crippen LogP contribution is 2.29. The third-order valence-corrected chi connectivity index (χ3v) is 5.84. The lowest BCUT2D eigenvalue weighted by Gasteiger charge is -2.19. The molecule has 0 unspecified atom stereocenters. The fourth-order valence-electron chi connectivity index (χ4n) is 4.05. The van der Waals surface area contributed by atoms with Crippen molar-refractivity contribution in [2.75, 3.05) is 0 Å². The van der Waals surface area contributed by atoms with Gasteiger partial charge < -0.3 is 14.0 Å². The lowest BCUT2D eigenvalue weighted by molar-refractivity contribution is -0.155. The van der Waals surface area contributed by atoms with Crippen molar-refractivity contribution in [3.8, 4) is 17.0 Å². The Labute approximate surface area is 205 Å². The molecule has 0 saturated heterocycles. The molecule has 0 radical (unpaired) electrons. The molecule has 178 valence electrons. The standard InChI is InChI=1S/C27H30ClN3O3/c1-6-22-24(30(5)29-26(22)19-7-10-20(28)11-8-19)17-33-21-12-9-18-13-14-31(23(18)15-21)16-25(32)34-27(2,3)4/h7-15H,6,16-17H2,1-5H3. The molecule has 0 atom stereocenters. The summed E-state index contributed by atoms with van der Waals surface area (Å²) in [6.07, 6.45) is 2.73. The Hall–Kier alpha value is -3.25. The van der Waals surface area contributed by atoms with E-state index in [2.05, 4.69) is 6.92 Å². The molecule has 4 aromatic rings. The zero-order chi connectivity index (χ0) is 24.5. The molecule has 2 aromatic carbocycles. The molecule has 0 aliphatic carbocycles. The lowest BCUT2D eigenvalue weighted by Crippen LogP contribution is -2.26. The van der Waals surface area contributed by atoms with E-state index in [1.165, 1.54) is 0 Å². The van der Waals surface area contributed by atoms with E-state index in [-0.39, 0.29) is 12.5 Å². The average molecular weight is 480 g/mol. The third-order valence-electron chi connectivity index (χ3n) is 5.59. The van der Waals surface area contributed by atoms with Crippen LogP contribution in [0.2, 0.25) is 5.02 Å². The minimum absolute atomic E-state index is 0.149. The van der Waals surface area contributed by atoms with Crippen molar-refractivity contribution in [3.05, 3.63) is 71.0 Å². The molecule has 0 spiro atoms. The van der Waals surface area contributed by atoms with Crippen LogP contribution in [0.5, 0.6) is 5.75 Å². The molecule has 0 amide bonds. The van der Waals surface area contributed by atoms with E-state index < -0.39 is 5.60 Å². The zero-order valence-corrected chi connectivity index (χ0v) is 21.0. The molecule has 4 rings (SSSR count). The van der Waals surface area contributed by atoms with Crippen molar-refractivity contribution in [2.45, 2.75) is 52.9 Å². The van der Waals surface area contributed by atoms with E-state index >= 15 is 0 Å². The van der Waals surface area contributed by atoms with E-state index in [0.717, 1.165) is 45.6 Å². The summed E-state index contributed by atoms with van der Waals surface area (Å²) >= 11 is 6.05. The number of aromatic nitrogens is 3. The van der Waals surface area contributed by atoms with Gasteiger partial charge in [0, 0.05) is 35.5 Å². The molecule has 6 nitrogen and oxygen atoms in total. The van der Waals surface area contributed by atoms with Gasteiger partial charge in [-0.1, -0.05) is 30.7 Å². The number of ether oxygens (including phenoxy) is 2. The maximum Gasteiger partial charge on any atom is 0.326 e. The summed E-state index contributed by atoms with van der Waals surface area (Å²) in [6, 6.07) is 15.6. The molecule has 0 aliphatic heterocycles. The largest absolute Gasteiger partial charge is 0.487 e. The van der Waals surface area contributed by atoms with Crippen molar-refractivity contribution < 1.29 is 14.3 Å². The van der Waals surface area contributed by atoms with Crippen molar-refractivity contribution in [1.29, 1.82) is 0 Å². The van der Waals surface area contributed by atoms with E-state index in [9.17, 15) is 4.79 Å². The molecule has 0 aliphatic rings. The van der Waals surface area contributed by atoms with Gasteiger partial charge in [-0.3, -0.25) is 9.48 Å². The van der Waals surface area contributed by atoms with Crippen molar-refractivity contribution in [1.82, 2.24) is 14.3 Å². The fraction of sp³-hybridized carbons (Fsp3) is 0.333. The van der Waals surface area contributed by atoms with Crippen LogP contribution >= 0.6 is 11.6 Å². The van der Waals surface area contributed by atoms with Crippen LogP contribution in [-0.2, 0) is 36.2 Å². The highest BCUT2D eigenvalue weighted by molar-refractivity contribution is 6.30. The topological polar surface area (TPSA) is 58.3 Å². The highest BCUT2D eigenvalue weighted by Gasteiger charge is 2.18. The van der Waals surface area contributed by atoms with Gasteiger partial charge in [-0.15, -0.1) is 0 Å². The Morgan fingerprint density at radius 2 is 1.82 bits per heavy atom. The number of fused-ring (bicyclic) bond motifs is 1. The Balaban J connectivity index is 1.55. The van der Waals surface area contributed by atoms with Crippen LogP contribution in [0.25, 0.3) is 22.2 Å². The van der Waals surface area contributed by atoms with Gasteiger partial charge in [0.1, 0.15) is 24.5 Å². The van der Waals surface area contributed by atoms with Gasteiger partial charge in [0.2, 0.25) is 0 Å². The van der Waals surface area contributed by atoms with Crippen molar-refractivity contribution in [3.63, 3.8) is 0 Å². The van der Waals surface area contributed by atoms with Crippen LogP contribution < -0.4 is 4.74 Å². The molecule has 7 heteroatoms. The molecule has 2 aromatic heterocycles. The number of hydrogen-bond donors (Lipinski definition) is 0. The molecule has 0 N–H and O–H groups in total. The molecule has 0 bridgehead atoms. The second kappa shape index (κ2) is 9.55. The number of esters is 1. The van der Waals surface area contributed by atoms with Crippen LogP contribution in [0.15, 0.2) is 54.7 Å². The Morgan fingerprint density at radius 1 is 1.09 bits per heavy atom. The number of aryl methyl sites for hydroxylation is 1. The van der Waals surface area contributed by atoms with Gasteiger partial charge in [-0.05, 0) is 62.9 Å². The molecule has 2 heterocycles. The van der Waals surface area contributed by atoms with Gasteiger partial charge >= 0.3 is 5.97 Å². The maximum absolute atomic E-state index is 12.3. The van der Waals surface area contributed by atoms with Crippen LogP contribution in [-0.4, -0.2) is 25.9 Å². The van der Waals surface area contributed by atoms with Crippen LogP contribution in [0.3, 0.4) is 0 Å². The number of benzene rings is 2. The fourth-order valence-corrected chi connectivity index (χ4v) is 4.18.